The molecule has 0 aliphatic carbocycles. The van der Waals surface area contributed by atoms with Crippen LogP contribution >= 0.6 is 0 Å². The number of carbonyl (C=O) groups excluding carboxylic acids is 3. The lowest BCUT2D eigenvalue weighted by molar-refractivity contribution is 0.101. The van der Waals surface area contributed by atoms with E-state index in [1.54, 1.807) is 0 Å². The fourth-order valence-corrected chi connectivity index (χ4v) is 6.41. The van der Waals surface area contributed by atoms with Gasteiger partial charge in [0.15, 0.2) is 0 Å². The number of hydrogen-bond donors (Lipinski definition) is 8. The van der Waals surface area contributed by atoms with Gasteiger partial charge in [0.05, 0.1) is 21.2 Å². The highest BCUT2D eigenvalue weighted by Gasteiger charge is 2.19. The Balaban J connectivity index is 1.16. The molecule has 0 atom stereocenters. The SMILES string of the molecule is O=C(Nc1cccc(C(=O)Nc2cc(S(=O)(=O)O)cc3cc(O)ccc23)c1)Nc1cccc(C(=O)Nc2cc(S(=O)(=O)O)cc3cc(O)ccc23)c1. The van der Waals surface area contributed by atoms with E-state index in [0.717, 1.165) is 24.3 Å². The van der Waals surface area contributed by atoms with Crippen molar-refractivity contribution in [1.82, 2.24) is 0 Å². The van der Waals surface area contributed by atoms with Crippen LogP contribution in [0.4, 0.5) is 27.5 Å². The first kappa shape index (κ1) is 35.3. The van der Waals surface area contributed by atoms with Crippen LogP contribution in [-0.2, 0) is 20.2 Å². The van der Waals surface area contributed by atoms with Gasteiger partial charge in [-0.3, -0.25) is 18.7 Å². The minimum atomic E-state index is -4.66. The molecule has 264 valence electrons. The second-order valence-corrected chi connectivity index (χ2v) is 14.2. The summed E-state index contributed by atoms with van der Waals surface area (Å²) < 4.78 is 66.6. The van der Waals surface area contributed by atoms with Crippen molar-refractivity contribution in [1.29, 1.82) is 0 Å². The smallest absolute Gasteiger partial charge is 0.323 e. The third kappa shape index (κ3) is 7.92. The molecular weight excluding hydrogens is 717 g/mol. The fraction of sp³-hybridized carbons (Fsp3) is 0. The summed E-state index contributed by atoms with van der Waals surface area (Å²) in [6, 6.07) is 23.4. The van der Waals surface area contributed by atoms with Crippen LogP contribution in [0.2, 0.25) is 0 Å². The topological polar surface area (TPSA) is 249 Å². The van der Waals surface area contributed by atoms with Gasteiger partial charge in [-0.2, -0.15) is 16.8 Å². The molecule has 6 aromatic rings. The van der Waals surface area contributed by atoms with Crippen LogP contribution in [0.25, 0.3) is 21.5 Å². The van der Waals surface area contributed by atoms with Crippen molar-refractivity contribution in [2.75, 3.05) is 21.3 Å². The number of amides is 4. The van der Waals surface area contributed by atoms with Gasteiger partial charge >= 0.3 is 6.03 Å². The van der Waals surface area contributed by atoms with Gasteiger partial charge in [-0.15, -0.1) is 0 Å². The van der Waals surface area contributed by atoms with Gasteiger partial charge < -0.3 is 31.5 Å². The van der Waals surface area contributed by atoms with E-state index in [0.29, 0.717) is 10.8 Å². The van der Waals surface area contributed by atoms with Crippen molar-refractivity contribution < 1.29 is 50.5 Å². The van der Waals surface area contributed by atoms with Crippen LogP contribution in [0.15, 0.2) is 119 Å². The number of anilines is 4. The monoisotopic (exact) mass is 742 g/mol. The molecule has 4 amide bonds. The minimum Gasteiger partial charge on any atom is -0.508 e. The number of nitrogens with one attached hydrogen (secondary N) is 4. The van der Waals surface area contributed by atoms with Crippen molar-refractivity contribution in [2.45, 2.75) is 9.79 Å². The standard InChI is InChI=1S/C35H26N4O11S2/c40-25-7-9-29-21(13-25)15-27(51(45,46)47)17-31(29)38-33(42)19-3-1-5-23(11-19)36-35(44)37-24-6-2-4-20(12-24)34(43)39-32-18-28(52(48,49)50)16-22-14-26(41)8-10-30(22)32/h1-18,40-41H,(H,38,42)(H,39,43)(H2,36,37,44)(H,45,46,47)(H,48,49,50). The number of fused-ring (bicyclic) bond motifs is 2. The third-order valence-electron chi connectivity index (χ3n) is 7.68. The zero-order valence-corrected chi connectivity index (χ0v) is 28.0. The number of hydrogen-bond acceptors (Lipinski definition) is 9. The maximum Gasteiger partial charge on any atom is 0.323 e. The molecule has 0 fully saturated rings. The van der Waals surface area contributed by atoms with Crippen molar-refractivity contribution >= 4 is 82.4 Å². The molecule has 0 heterocycles. The number of aromatic hydroxyl groups is 2. The Bertz CT molecular complexity index is 2500. The van der Waals surface area contributed by atoms with Gasteiger partial charge in [0.1, 0.15) is 11.5 Å². The largest absolute Gasteiger partial charge is 0.508 e. The summed E-state index contributed by atoms with van der Waals surface area (Å²) in [5.41, 5.74) is 0.597. The highest BCUT2D eigenvalue weighted by molar-refractivity contribution is 7.86. The van der Waals surface area contributed by atoms with E-state index in [1.165, 1.54) is 84.9 Å². The minimum absolute atomic E-state index is 0.0359. The number of urea groups is 1. The number of rotatable bonds is 8. The lowest BCUT2D eigenvalue weighted by Gasteiger charge is -2.13. The first-order valence-electron chi connectivity index (χ1n) is 14.9. The first-order valence-corrected chi connectivity index (χ1v) is 17.8. The van der Waals surface area contributed by atoms with Gasteiger partial charge in [-0.05, 0) is 108 Å². The summed E-state index contributed by atoms with van der Waals surface area (Å²) >= 11 is 0. The molecule has 15 nitrogen and oxygen atoms in total. The summed E-state index contributed by atoms with van der Waals surface area (Å²) in [7, 11) is -9.32. The molecule has 0 aliphatic rings. The zero-order chi connectivity index (χ0) is 37.4. The molecule has 17 heteroatoms. The van der Waals surface area contributed by atoms with Crippen molar-refractivity contribution in [2.24, 2.45) is 0 Å². The van der Waals surface area contributed by atoms with E-state index in [4.69, 9.17) is 0 Å². The van der Waals surface area contributed by atoms with Crippen LogP contribution in [-0.4, -0.2) is 54.0 Å². The molecule has 6 aromatic carbocycles. The lowest BCUT2D eigenvalue weighted by Crippen LogP contribution is -2.20. The van der Waals surface area contributed by atoms with Crippen molar-refractivity contribution in [3.8, 4) is 11.5 Å². The van der Waals surface area contributed by atoms with Crippen molar-refractivity contribution in [3.63, 3.8) is 0 Å². The Morgan fingerprint density at radius 1 is 0.481 bits per heavy atom. The average Bonchev–Trinajstić information content (AvgIpc) is 3.07. The first-order chi connectivity index (χ1) is 24.5. The van der Waals surface area contributed by atoms with E-state index < -0.39 is 47.9 Å². The van der Waals surface area contributed by atoms with Gasteiger partial charge in [0.25, 0.3) is 32.1 Å². The molecule has 0 unspecified atom stereocenters. The van der Waals surface area contributed by atoms with Crippen LogP contribution in [0.1, 0.15) is 20.7 Å². The van der Waals surface area contributed by atoms with E-state index >= 15 is 0 Å². The van der Waals surface area contributed by atoms with Gasteiger partial charge in [-0.25, -0.2) is 4.79 Å². The molecule has 0 aliphatic heterocycles. The summed E-state index contributed by atoms with van der Waals surface area (Å²) in [6.07, 6.45) is 0. The number of phenols is 2. The van der Waals surface area contributed by atoms with Crippen LogP contribution in [0.5, 0.6) is 11.5 Å². The Labute approximate surface area is 295 Å². The highest BCUT2D eigenvalue weighted by atomic mass is 32.2. The summed E-state index contributed by atoms with van der Waals surface area (Å²) in [5, 5.41) is 31.3. The summed E-state index contributed by atoms with van der Waals surface area (Å²) in [4.78, 5) is 38.3. The van der Waals surface area contributed by atoms with Crippen LogP contribution in [0, 0.1) is 0 Å². The molecule has 6 rings (SSSR count). The Hall–Kier alpha value is -6.53. The van der Waals surface area contributed by atoms with Crippen LogP contribution < -0.4 is 21.3 Å². The second kappa shape index (κ2) is 13.6. The molecule has 0 aromatic heterocycles. The normalized spacial score (nSPS) is 11.6. The maximum atomic E-state index is 13.2. The molecule has 0 spiro atoms. The van der Waals surface area contributed by atoms with Crippen molar-refractivity contribution in [3.05, 3.63) is 120 Å². The molecule has 8 N–H and O–H groups in total. The predicted molar refractivity (Wildman–Crippen MR) is 192 cm³/mol. The molecule has 0 radical (unpaired) electrons. The molecular formula is C35H26N4O11S2. The van der Waals surface area contributed by atoms with E-state index in [1.807, 2.05) is 0 Å². The van der Waals surface area contributed by atoms with E-state index in [-0.39, 0.29) is 56.1 Å². The second-order valence-electron chi connectivity index (χ2n) is 11.4. The molecule has 0 saturated carbocycles. The summed E-state index contributed by atoms with van der Waals surface area (Å²) in [6.45, 7) is 0. The highest BCUT2D eigenvalue weighted by Crippen LogP contribution is 2.32. The number of carbonyl (C=O) groups is 3. The molecule has 0 bridgehead atoms. The van der Waals surface area contributed by atoms with E-state index in [2.05, 4.69) is 21.3 Å². The van der Waals surface area contributed by atoms with Gasteiger partial charge in [0.2, 0.25) is 0 Å². The Kier molecular flexibility index (Phi) is 9.26. The third-order valence-corrected chi connectivity index (χ3v) is 9.34. The fourth-order valence-electron chi connectivity index (χ4n) is 5.32. The molecule has 52 heavy (non-hydrogen) atoms. The van der Waals surface area contributed by atoms with Crippen LogP contribution in [0.3, 0.4) is 0 Å². The Morgan fingerprint density at radius 3 is 1.27 bits per heavy atom. The predicted octanol–water partition coefficient (Wildman–Crippen LogP) is 6.05. The summed E-state index contributed by atoms with van der Waals surface area (Å²) in [5.74, 6) is -1.69. The molecule has 0 saturated heterocycles. The number of benzene rings is 6. The maximum absolute atomic E-state index is 13.2. The average molecular weight is 743 g/mol. The zero-order valence-electron chi connectivity index (χ0n) is 26.4. The number of phenolic OH excluding ortho intramolecular Hbond substituents is 2. The van der Waals surface area contributed by atoms with E-state index in [9.17, 15) is 50.5 Å². The van der Waals surface area contributed by atoms with Gasteiger partial charge in [-0.1, -0.05) is 12.1 Å². The lowest BCUT2D eigenvalue weighted by atomic mass is 10.1. The quantitative estimate of drug-likeness (QED) is 0.0834. The Morgan fingerprint density at radius 2 is 0.885 bits per heavy atom. The van der Waals surface area contributed by atoms with Gasteiger partial charge in [0, 0.05) is 33.3 Å².